The molecule has 0 bridgehead atoms. The summed E-state index contributed by atoms with van der Waals surface area (Å²) in [7, 11) is 0. The molecular weight excluding hydrogens is 276 g/mol. The molecule has 1 aromatic carbocycles. The molecule has 0 saturated carbocycles. The van der Waals surface area contributed by atoms with Gasteiger partial charge in [0.05, 0.1) is 12.7 Å². The number of aromatic nitrogens is 1. The molecule has 1 N–H and O–H groups in total. The largest absolute Gasteiger partial charge is 0.375 e. The van der Waals surface area contributed by atoms with Crippen LogP contribution in [0.3, 0.4) is 0 Å². The van der Waals surface area contributed by atoms with Crippen molar-refractivity contribution >= 4 is 16.8 Å². The summed E-state index contributed by atoms with van der Waals surface area (Å²) in [6, 6.07) is 8.32. The van der Waals surface area contributed by atoms with Crippen molar-refractivity contribution in [2.24, 2.45) is 0 Å². The molecule has 1 amide bonds. The van der Waals surface area contributed by atoms with Crippen LogP contribution in [0.5, 0.6) is 0 Å². The SMILES string of the molecule is CCC1CN(C(=O)CCCc2c[nH]c3ccccc23)CCO1. The minimum Gasteiger partial charge on any atom is -0.375 e. The number of aryl methyl sites for hydroxylation is 1. The van der Waals surface area contributed by atoms with Crippen molar-refractivity contribution in [2.75, 3.05) is 19.7 Å². The highest BCUT2D eigenvalue weighted by molar-refractivity contribution is 5.83. The zero-order valence-electron chi connectivity index (χ0n) is 13.2. The summed E-state index contributed by atoms with van der Waals surface area (Å²) in [6.07, 6.45) is 5.71. The molecule has 1 fully saturated rings. The number of para-hydroxylation sites is 1. The molecule has 0 aliphatic carbocycles. The zero-order valence-corrected chi connectivity index (χ0v) is 13.2. The predicted octanol–water partition coefficient (Wildman–Crippen LogP) is 3.13. The molecule has 2 aromatic rings. The maximum atomic E-state index is 12.3. The third-order valence-electron chi connectivity index (χ3n) is 4.46. The van der Waals surface area contributed by atoms with Gasteiger partial charge in [0, 0.05) is 36.6 Å². The number of ether oxygens (including phenoxy) is 1. The predicted molar refractivity (Wildman–Crippen MR) is 87.8 cm³/mol. The molecule has 0 radical (unpaired) electrons. The molecule has 3 rings (SSSR count). The van der Waals surface area contributed by atoms with Gasteiger partial charge in [0.2, 0.25) is 5.91 Å². The van der Waals surface area contributed by atoms with Gasteiger partial charge in [-0.2, -0.15) is 0 Å². The third kappa shape index (κ3) is 3.33. The van der Waals surface area contributed by atoms with Gasteiger partial charge in [-0.25, -0.2) is 0 Å². The first-order chi connectivity index (χ1) is 10.8. The van der Waals surface area contributed by atoms with E-state index >= 15 is 0 Å². The van der Waals surface area contributed by atoms with Crippen LogP contribution >= 0.6 is 0 Å². The number of fused-ring (bicyclic) bond motifs is 1. The highest BCUT2D eigenvalue weighted by Gasteiger charge is 2.22. The topological polar surface area (TPSA) is 45.3 Å². The van der Waals surface area contributed by atoms with E-state index in [2.05, 4.69) is 36.3 Å². The summed E-state index contributed by atoms with van der Waals surface area (Å²) < 4.78 is 5.62. The van der Waals surface area contributed by atoms with E-state index in [1.54, 1.807) is 0 Å². The zero-order chi connectivity index (χ0) is 15.4. The molecule has 1 saturated heterocycles. The molecule has 1 aromatic heterocycles. The van der Waals surface area contributed by atoms with E-state index in [-0.39, 0.29) is 12.0 Å². The van der Waals surface area contributed by atoms with Gasteiger partial charge in [-0.15, -0.1) is 0 Å². The molecular formula is C18H24N2O2. The van der Waals surface area contributed by atoms with E-state index in [0.717, 1.165) is 32.4 Å². The fourth-order valence-corrected chi connectivity index (χ4v) is 3.12. The highest BCUT2D eigenvalue weighted by Crippen LogP contribution is 2.20. The number of benzene rings is 1. The van der Waals surface area contributed by atoms with Crippen LogP contribution in [0, 0.1) is 0 Å². The van der Waals surface area contributed by atoms with E-state index in [1.165, 1.54) is 16.5 Å². The first kappa shape index (κ1) is 15.1. The lowest BCUT2D eigenvalue weighted by Crippen LogP contribution is -2.45. The van der Waals surface area contributed by atoms with Crippen molar-refractivity contribution in [3.63, 3.8) is 0 Å². The van der Waals surface area contributed by atoms with E-state index in [1.807, 2.05) is 11.0 Å². The van der Waals surface area contributed by atoms with Gasteiger partial charge in [-0.3, -0.25) is 4.79 Å². The number of amides is 1. The Morgan fingerprint density at radius 2 is 2.27 bits per heavy atom. The van der Waals surface area contributed by atoms with Crippen molar-refractivity contribution in [1.82, 2.24) is 9.88 Å². The van der Waals surface area contributed by atoms with Crippen LogP contribution in [0.15, 0.2) is 30.5 Å². The van der Waals surface area contributed by atoms with Crippen LogP contribution < -0.4 is 0 Å². The molecule has 2 heterocycles. The standard InChI is InChI=1S/C18H24N2O2/c1-2-15-13-20(10-11-22-15)18(21)9-5-6-14-12-19-17-8-4-3-7-16(14)17/h3-4,7-8,12,15,19H,2,5-6,9-11,13H2,1H3. The lowest BCUT2D eigenvalue weighted by molar-refractivity contribution is -0.138. The van der Waals surface area contributed by atoms with Gasteiger partial charge in [-0.05, 0) is 30.9 Å². The third-order valence-corrected chi connectivity index (χ3v) is 4.46. The van der Waals surface area contributed by atoms with E-state index in [4.69, 9.17) is 4.74 Å². The van der Waals surface area contributed by atoms with E-state index < -0.39 is 0 Å². The van der Waals surface area contributed by atoms with Crippen LogP contribution in [0.25, 0.3) is 10.9 Å². The Labute approximate surface area is 131 Å². The molecule has 118 valence electrons. The summed E-state index contributed by atoms with van der Waals surface area (Å²) >= 11 is 0. The Morgan fingerprint density at radius 3 is 3.14 bits per heavy atom. The second-order valence-corrected chi connectivity index (χ2v) is 5.95. The van der Waals surface area contributed by atoms with Crippen molar-refractivity contribution in [2.45, 2.75) is 38.7 Å². The summed E-state index contributed by atoms with van der Waals surface area (Å²) in [4.78, 5) is 17.6. The van der Waals surface area contributed by atoms with Gasteiger partial charge in [-0.1, -0.05) is 25.1 Å². The summed E-state index contributed by atoms with van der Waals surface area (Å²) in [5.41, 5.74) is 2.47. The lowest BCUT2D eigenvalue weighted by Gasteiger charge is -2.32. The number of morpholine rings is 1. The summed E-state index contributed by atoms with van der Waals surface area (Å²) in [5.74, 6) is 0.265. The molecule has 1 atom stereocenters. The minimum atomic E-state index is 0.214. The van der Waals surface area contributed by atoms with E-state index in [0.29, 0.717) is 13.0 Å². The maximum absolute atomic E-state index is 12.3. The van der Waals surface area contributed by atoms with Crippen LogP contribution in [0.1, 0.15) is 31.7 Å². The molecule has 1 unspecified atom stereocenters. The van der Waals surface area contributed by atoms with Gasteiger partial charge in [0.15, 0.2) is 0 Å². The number of rotatable bonds is 5. The number of H-pyrrole nitrogens is 1. The second kappa shape index (κ2) is 6.97. The smallest absolute Gasteiger partial charge is 0.222 e. The fourth-order valence-electron chi connectivity index (χ4n) is 3.12. The molecule has 22 heavy (non-hydrogen) atoms. The van der Waals surface area contributed by atoms with Gasteiger partial charge in [0.25, 0.3) is 0 Å². The number of hydrogen-bond donors (Lipinski definition) is 1. The molecule has 0 spiro atoms. The van der Waals surface area contributed by atoms with Gasteiger partial charge in [0.1, 0.15) is 0 Å². The Bertz CT molecular complexity index is 635. The summed E-state index contributed by atoms with van der Waals surface area (Å²) in [6.45, 7) is 4.27. The van der Waals surface area contributed by atoms with Crippen molar-refractivity contribution in [3.05, 3.63) is 36.0 Å². The number of nitrogens with zero attached hydrogens (tertiary/aromatic N) is 1. The summed E-state index contributed by atoms with van der Waals surface area (Å²) in [5, 5.41) is 1.27. The average Bonchev–Trinajstić information content (AvgIpc) is 2.98. The number of nitrogens with one attached hydrogen (secondary N) is 1. The first-order valence-electron chi connectivity index (χ1n) is 8.22. The Hall–Kier alpha value is -1.81. The van der Waals surface area contributed by atoms with Crippen LogP contribution in [0.2, 0.25) is 0 Å². The second-order valence-electron chi connectivity index (χ2n) is 5.95. The lowest BCUT2D eigenvalue weighted by atomic mass is 10.1. The maximum Gasteiger partial charge on any atom is 0.222 e. The number of aromatic amines is 1. The Kier molecular flexibility index (Phi) is 4.78. The van der Waals surface area contributed by atoms with E-state index in [9.17, 15) is 4.79 Å². The van der Waals surface area contributed by atoms with Crippen molar-refractivity contribution in [1.29, 1.82) is 0 Å². The molecule has 4 nitrogen and oxygen atoms in total. The van der Waals surface area contributed by atoms with Crippen molar-refractivity contribution < 1.29 is 9.53 Å². The molecule has 1 aliphatic rings. The Morgan fingerprint density at radius 1 is 1.41 bits per heavy atom. The number of carbonyl (C=O) groups excluding carboxylic acids is 1. The van der Waals surface area contributed by atoms with Crippen LogP contribution in [0.4, 0.5) is 0 Å². The average molecular weight is 300 g/mol. The molecule has 1 aliphatic heterocycles. The molecule has 4 heteroatoms. The normalized spacial score (nSPS) is 18.8. The monoisotopic (exact) mass is 300 g/mol. The number of hydrogen-bond acceptors (Lipinski definition) is 2. The minimum absolute atomic E-state index is 0.214. The van der Waals surface area contributed by atoms with Gasteiger partial charge >= 0.3 is 0 Å². The van der Waals surface area contributed by atoms with Crippen molar-refractivity contribution in [3.8, 4) is 0 Å². The quantitative estimate of drug-likeness (QED) is 0.922. The Balaban J connectivity index is 1.51. The van der Waals surface area contributed by atoms with Crippen LogP contribution in [-0.4, -0.2) is 41.6 Å². The number of carbonyl (C=O) groups is 1. The van der Waals surface area contributed by atoms with Crippen LogP contribution in [-0.2, 0) is 16.0 Å². The van der Waals surface area contributed by atoms with Gasteiger partial charge < -0.3 is 14.6 Å². The highest BCUT2D eigenvalue weighted by atomic mass is 16.5. The first-order valence-corrected chi connectivity index (χ1v) is 8.22. The fraction of sp³-hybridized carbons (Fsp3) is 0.500.